The first-order valence-electron chi connectivity index (χ1n) is 6.84. The second-order valence-corrected chi connectivity index (χ2v) is 5.77. The largest absolute Gasteiger partial charge is 0.335 e. The maximum absolute atomic E-state index is 12.7. The standard InChI is InChI=1S/C15H18N2O3S/c1-4-15(5-2)12(18)16-14(20)17(13(15)19)10-6-8-11(21-3)9-7-10/h6-9H,4-5H2,1-3H3,(H,16,18,20). The Balaban J connectivity index is 2.44. The van der Waals surface area contributed by atoms with Crippen molar-refractivity contribution in [1.82, 2.24) is 5.32 Å². The Morgan fingerprint density at radius 1 is 1.10 bits per heavy atom. The van der Waals surface area contributed by atoms with Crippen molar-refractivity contribution in [2.45, 2.75) is 31.6 Å². The maximum atomic E-state index is 12.7. The third kappa shape index (κ3) is 2.44. The predicted molar refractivity (Wildman–Crippen MR) is 82.3 cm³/mol. The Hall–Kier alpha value is -1.82. The quantitative estimate of drug-likeness (QED) is 0.686. The van der Waals surface area contributed by atoms with Crippen LogP contribution in [0.3, 0.4) is 0 Å². The normalized spacial score (nSPS) is 17.9. The molecule has 1 aliphatic heterocycles. The van der Waals surface area contributed by atoms with E-state index in [2.05, 4.69) is 5.32 Å². The number of hydrogen-bond acceptors (Lipinski definition) is 4. The van der Waals surface area contributed by atoms with E-state index in [1.165, 1.54) is 0 Å². The molecule has 0 aliphatic carbocycles. The van der Waals surface area contributed by atoms with Crippen molar-refractivity contribution < 1.29 is 14.4 Å². The van der Waals surface area contributed by atoms with Crippen molar-refractivity contribution >= 4 is 35.3 Å². The minimum absolute atomic E-state index is 0.362. The molecule has 21 heavy (non-hydrogen) atoms. The SMILES string of the molecule is CCC1(CC)C(=O)NC(=O)N(c2ccc(SC)cc2)C1=O. The molecule has 1 N–H and O–H groups in total. The van der Waals surface area contributed by atoms with Gasteiger partial charge in [-0.05, 0) is 43.4 Å². The summed E-state index contributed by atoms with van der Waals surface area (Å²) in [5.41, 5.74) is -0.680. The van der Waals surface area contributed by atoms with E-state index in [9.17, 15) is 14.4 Å². The number of urea groups is 1. The molecular formula is C15H18N2O3S. The number of carbonyl (C=O) groups is 3. The Bertz CT molecular complexity index is 579. The van der Waals surface area contributed by atoms with Gasteiger partial charge in [0.25, 0.3) is 5.91 Å². The molecule has 5 nitrogen and oxygen atoms in total. The van der Waals surface area contributed by atoms with Crippen molar-refractivity contribution in [2.24, 2.45) is 5.41 Å². The van der Waals surface area contributed by atoms with E-state index < -0.39 is 23.3 Å². The molecule has 0 spiro atoms. The fourth-order valence-corrected chi connectivity index (χ4v) is 2.92. The highest BCUT2D eigenvalue weighted by atomic mass is 32.2. The van der Waals surface area contributed by atoms with Gasteiger partial charge in [-0.1, -0.05) is 13.8 Å². The smallest absolute Gasteiger partial charge is 0.276 e. The Labute approximate surface area is 128 Å². The van der Waals surface area contributed by atoms with Crippen LogP contribution in [0.1, 0.15) is 26.7 Å². The van der Waals surface area contributed by atoms with E-state index in [0.717, 1.165) is 9.80 Å². The molecule has 4 amide bonds. The Kier molecular flexibility index (Phi) is 4.37. The van der Waals surface area contributed by atoms with E-state index >= 15 is 0 Å². The summed E-state index contributed by atoms with van der Waals surface area (Å²) in [5, 5.41) is 2.30. The summed E-state index contributed by atoms with van der Waals surface area (Å²) in [6, 6.07) is 6.44. The number of rotatable bonds is 4. The van der Waals surface area contributed by atoms with Crippen LogP contribution in [-0.4, -0.2) is 24.1 Å². The first-order valence-corrected chi connectivity index (χ1v) is 8.06. The van der Waals surface area contributed by atoms with Crippen LogP contribution < -0.4 is 10.2 Å². The van der Waals surface area contributed by atoms with Gasteiger partial charge in [-0.25, -0.2) is 9.69 Å². The lowest BCUT2D eigenvalue weighted by Gasteiger charge is -2.38. The minimum Gasteiger partial charge on any atom is -0.276 e. The van der Waals surface area contributed by atoms with Crippen LogP contribution in [0.5, 0.6) is 0 Å². The molecule has 2 rings (SSSR count). The minimum atomic E-state index is -1.16. The molecule has 1 heterocycles. The van der Waals surface area contributed by atoms with E-state index in [1.807, 2.05) is 18.4 Å². The van der Waals surface area contributed by atoms with Gasteiger partial charge in [-0.3, -0.25) is 14.9 Å². The van der Waals surface area contributed by atoms with E-state index in [-0.39, 0.29) is 0 Å². The maximum Gasteiger partial charge on any atom is 0.335 e. The molecule has 0 atom stereocenters. The molecule has 1 aromatic carbocycles. The molecule has 1 aliphatic rings. The molecule has 112 valence electrons. The predicted octanol–water partition coefficient (Wildman–Crippen LogP) is 2.80. The summed E-state index contributed by atoms with van der Waals surface area (Å²) >= 11 is 1.58. The van der Waals surface area contributed by atoms with E-state index in [4.69, 9.17) is 0 Å². The number of nitrogens with zero attached hydrogens (tertiary/aromatic N) is 1. The number of hydrogen-bond donors (Lipinski definition) is 1. The van der Waals surface area contributed by atoms with Crippen LogP contribution >= 0.6 is 11.8 Å². The van der Waals surface area contributed by atoms with Gasteiger partial charge >= 0.3 is 6.03 Å². The first kappa shape index (κ1) is 15.6. The van der Waals surface area contributed by atoms with Crippen molar-refractivity contribution in [3.8, 4) is 0 Å². The second-order valence-electron chi connectivity index (χ2n) is 4.89. The van der Waals surface area contributed by atoms with Crippen LogP contribution in [0.2, 0.25) is 0 Å². The summed E-state index contributed by atoms with van der Waals surface area (Å²) in [4.78, 5) is 39.0. The average Bonchev–Trinajstić information content (AvgIpc) is 2.49. The molecular weight excluding hydrogens is 288 g/mol. The van der Waals surface area contributed by atoms with Gasteiger partial charge in [-0.15, -0.1) is 11.8 Å². The van der Waals surface area contributed by atoms with Crippen LogP contribution in [0, 0.1) is 5.41 Å². The monoisotopic (exact) mass is 306 g/mol. The number of imide groups is 2. The number of carbonyl (C=O) groups excluding carboxylic acids is 3. The van der Waals surface area contributed by atoms with Crippen LogP contribution in [0.4, 0.5) is 10.5 Å². The molecule has 0 aromatic heterocycles. The lowest BCUT2D eigenvalue weighted by Crippen LogP contribution is -2.63. The molecule has 6 heteroatoms. The lowest BCUT2D eigenvalue weighted by atomic mass is 9.78. The number of anilines is 1. The fraction of sp³-hybridized carbons (Fsp3) is 0.400. The molecule has 0 unspecified atom stereocenters. The third-order valence-corrected chi connectivity index (χ3v) is 4.75. The van der Waals surface area contributed by atoms with Crippen molar-refractivity contribution in [1.29, 1.82) is 0 Å². The number of nitrogens with one attached hydrogen (secondary N) is 1. The van der Waals surface area contributed by atoms with E-state index in [0.29, 0.717) is 18.5 Å². The highest BCUT2D eigenvalue weighted by molar-refractivity contribution is 7.98. The molecule has 0 radical (unpaired) electrons. The third-order valence-electron chi connectivity index (χ3n) is 4.01. The zero-order valence-corrected chi connectivity index (χ0v) is 13.1. The van der Waals surface area contributed by atoms with Gasteiger partial charge < -0.3 is 0 Å². The Morgan fingerprint density at radius 3 is 2.14 bits per heavy atom. The summed E-state index contributed by atoms with van der Waals surface area (Å²) < 4.78 is 0. The summed E-state index contributed by atoms with van der Waals surface area (Å²) in [5.74, 6) is -0.947. The van der Waals surface area contributed by atoms with Crippen molar-refractivity contribution in [3.05, 3.63) is 24.3 Å². The summed E-state index contributed by atoms with van der Waals surface area (Å²) in [7, 11) is 0. The molecule has 0 bridgehead atoms. The zero-order valence-electron chi connectivity index (χ0n) is 12.3. The molecule has 1 saturated heterocycles. The average molecular weight is 306 g/mol. The van der Waals surface area contributed by atoms with Crippen molar-refractivity contribution in [2.75, 3.05) is 11.2 Å². The molecule has 1 fully saturated rings. The van der Waals surface area contributed by atoms with Crippen LogP contribution in [-0.2, 0) is 9.59 Å². The van der Waals surface area contributed by atoms with Crippen LogP contribution in [0.25, 0.3) is 0 Å². The zero-order chi connectivity index (χ0) is 15.6. The number of benzene rings is 1. The number of thioether (sulfide) groups is 1. The van der Waals surface area contributed by atoms with Gasteiger partial charge in [0.1, 0.15) is 5.41 Å². The van der Waals surface area contributed by atoms with Crippen LogP contribution in [0.15, 0.2) is 29.2 Å². The number of amides is 4. The fourth-order valence-electron chi connectivity index (χ4n) is 2.52. The summed E-state index contributed by atoms with van der Waals surface area (Å²) in [6.45, 7) is 3.57. The van der Waals surface area contributed by atoms with Gasteiger partial charge in [0.05, 0.1) is 5.69 Å². The topological polar surface area (TPSA) is 66.5 Å². The van der Waals surface area contributed by atoms with Crippen molar-refractivity contribution in [3.63, 3.8) is 0 Å². The first-order chi connectivity index (χ1) is 10.00. The Morgan fingerprint density at radius 2 is 1.67 bits per heavy atom. The number of barbiturate groups is 1. The van der Waals surface area contributed by atoms with Gasteiger partial charge in [0.2, 0.25) is 5.91 Å². The molecule has 0 saturated carbocycles. The highest BCUT2D eigenvalue weighted by Crippen LogP contribution is 2.35. The van der Waals surface area contributed by atoms with E-state index in [1.54, 1.807) is 37.7 Å². The second kappa shape index (κ2) is 5.89. The highest BCUT2D eigenvalue weighted by Gasteiger charge is 2.51. The summed E-state index contributed by atoms with van der Waals surface area (Å²) in [6.07, 6.45) is 2.67. The molecule has 1 aromatic rings. The lowest BCUT2D eigenvalue weighted by molar-refractivity contribution is -0.143. The van der Waals surface area contributed by atoms with Gasteiger partial charge in [0, 0.05) is 4.90 Å². The van der Waals surface area contributed by atoms with Gasteiger partial charge in [-0.2, -0.15) is 0 Å². The van der Waals surface area contributed by atoms with Gasteiger partial charge in [0.15, 0.2) is 0 Å².